The Labute approximate surface area is 105 Å². The third-order valence-corrected chi connectivity index (χ3v) is 2.89. The summed E-state index contributed by atoms with van der Waals surface area (Å²) in [6.45, 7) is 3.82. The molecule has 1 amide bonds. The quantitative estimate of drug-likeness (QED) is 0.765. The molecule has 5 nitrogen and oxygen atoms in total. The zero-order valence-corrected chi connectivity index (χ0v) is 10.5. The van der Waals surface area contributed by atoms with E-state index in [-0.39, 0.29) is 12.5 Å². The van der Waals surface area contributed by atoms with E-state index in [1.165, 1.54) is 0 Å². The van der Waals surface area contributed by atoms with Crippen LogP contribution in [0.3, 0.4) is 0 Å². The molecule has 1 aromatic heterocycles. The number of nitrogens with zero attached hydrogens (tertiary/aromatic N) is 1. The van der Waals surface area contributed by atoms with Gasteiger partial charge in [-0.3, -0.25) is 9.89 Å². The number of aromatic nitrogens is 2. The van der Waals surface area contributed by atoms with Crippen LogP contribution in [0.1, 0.15) is 30.6 Å². The minimum Gasteiger partial charge on any atom is -0.396 e. The molecule has 0 radical (unpaired) electrons. The maximum absolute atomic E-state index is 12.1. The second-order valence-electron chi connectivity index (χ2n) is 4.98. The predicted molar refractivity (Wildman–Crippen MR) is 69.3 cm³/mol. The van der Waals surface area contributed by atoms with Crippen LogP contribution in [-0.2, 0) is 0 Å². The molecule has 2 aromatic rings. The number of amides is 1. The molecule has 0 unspecified atom stereocenters. The molecule has 0 aliphatic rings. The molecule has 0 aliphatic heterocycles. The van der Waals surface area contributed by atoms with Crippen LogP contribution in [-0.4, -0.2) is 33.4 Å². The summed E-state index contributed by atoms with van der Waals surface area (Å²) in [5.41, 5.74) is 0.995. The molecule has 3 N–H and O–H groups in total. The number of nitrogens with one attached hydrogen (secondary N) is 2. The van der Waals surface area contributed by atoms with Gasteiger partial charge in [0.25, 0.3) is 5.91 Å². The summed E-state index contributed by atoms with van der Waals surface area (Å²) < 4.78 is 0. The molecule has 0 aliphatic carbocycles. The molecule has 1 heterocycles. The van der Waals surface area contributed by atoms with Crippen LogP contribution in [0.2, 0.25) is 0 Å². The zero-order valence-electron chi connectivity index (χ0n) is 10.5. The van der Waals surface area contributed by atoms with Crippen molar-refractivity contribution in [3.05, 3.63) is 30.0 Å². The first-order valence-corrected chi connectivity index (χ1v) is 5.88. The molecule has 0 bridgehead atoms. The molecule has 0 atom stereocenters. The van der Waals surface area contributed by atoms with Gasteiger partial charge in [0.15, 0.2) is 0 Å². The number of hydrogen-bond donors (Lipinski definition) is 3. The van der Waals surface area contributed by atoms with Crippen LogP contribution in [0.25, 0.3) is 10.9 Å². The maximum Gasteiger partial charge on any atom is 0.251 e. The largest absolute Gasteiger partial charge is 0.396 e. The van der Waals surface area contributed by atoms with Crippen LogP contribution >= 0.6 is 0 Å². The number of carbonyl (C=O) groups excluding carboxylic acids is 1. The van der Waals surface area contributed by atoms with Gasteiger partial charge in [-0.15, -0.1) is 0 Å². The Morgan fingerprint density at radius 1 is 1.50 bits per heavy atom. The fraction of sp³-hybridized carbons (Fsp3) is 0.385. The van der Waals surface area contributed by atoms with Gasteiger partial charge in [-0.1, -0.05) is 6.07 Å². The molecule has 0 spiro atoms. The van der Waals surface area contributed by atoms with E-state index in [0.717, 1.165) is 10.9 Å². The van der Waals surface area contributed by atoms with Crippen LogP contribution in [0.15, 0.2) is 24.4 Å². The molecule has 96 valence electrons. The monoisotopic (exact) mass is 247 g/mol. The normalized spacial score (nSPS) is 11.7. The summed E-state index contributed by atoms with van der Waals surface area (Å²) in [7, 11) is 0. The molecular formula is C13H17N3O2. The Kier molecular flexibility index (Phi) is 3.34. The van der Waals surface area contributed by atoms with Gasteiger partial charge < -0.3 is 10.4 Å². The van der Waals surface area contributed by atoms with Crippen molar-refractivity contribution < 1.29 is 9.90 Å². The zero-order chi connectivity index (χ0) is 13.2. The molecule has 2 rings (SSSR count). The number of benzene rings is 1. The highest BCUT2D eigenvalue weighted by molar-refractivity contribution is 5.98. The van der Waals surface area contributed by atoms with Gasteiger partial charge in [-0.05, 0) is 32.4 Å². The Morgan fingerprint density at radius 3 is 3.00 bits per heavy atom. The van der Waals surface area contributed by atoms with Crippen LogP contribution in [0.4, 0.5) is 0 Å². The van der Waals surface area contributed by atoms with Crippen molar-refractivity contribution in [2.75, 3.05) is 6.61 Å². The van der Waals surface area contributed by atoms with Crippen LogP contribution in [0.5, 0.6) is 0 Å². The minimum atomic E-state index is -0.422. The lowest BCUT2D eigenvalue weighted by atomic mass is 10.0. The van der Waals surface area contributed by atoms with E-state index >= 15 is 0 Å². The van der Waals surface area contributed by atoms with E-state index in [1.807, 2.05) is 19.9 Å². The lowest BCUT2D eigenvalue weighted by molar-refractivity contribution is 0.0899. The van der Waals surface area contributed by atoms with Gasteiger partial charge in [0, 0.05) is 23.1 Å². The Hall–Kier alpha value is -1.88. The van der Waals surface area contributed by atoms with Crippen molar-refractivity contribution in [2.45, 2.75) is 25.8 Å². The molecule has 0 saturated heterocycles. The van der Waals surface area contributed by atoms with Gasteiger partial charge in [0.1, 0.15) is 0 Å². The van der Waals surface area contributed by atoms with Gasteiger partial charge in [-0.2, -0.15) is 5.10 Å². The van der Waals surface area contributed by atoms with Gasteiger partial charge in [0.05, 0.1) is 11.7 Å². The van der Waals surface area contributed by atoms with E-state index in [4.69, 9.17) is 5.11 Å². The highest BCUT2D eigenvalue weighted by atomic mass is 16.3. The number of aromatic amines is 1. The molecule has 18 heavy (non-hydrogen) atoms. The average Bonchev–Trinajstić information content (AvgIpc) is 2.74. The highest BCUT2D eigenvalue weighted by Gasteiger charge is 2.20. The van der Waals surface area contributed by atoms with E-state index < -0.39 is 5.54 Å². The first-order valence-electron chi connectivity index (χ1n) is 5.88. The summed E-state index contributed by atoms with van der Waals surface area (Å²) in [5, 5.41) is 19.6. The lowest BCUT2D eigenvalue weighted by Crippen LogP contribution is -2.44. The van der Waals surface area contributed by atoms with E-state index in [1.54, 1.807) is 18.3 Å². The Morgan fingerprint density at radius 2 is 2.28 bits per heavy atom. The maximum atomic E-state index is 12.1. The molecule has 5 heteroatoms. The number of fused-ring (bicyclic) bond motifs is 1. The summed E-state index contributed by atoms with van der Waals surface area (Å²) in [6, 6.07) is 5.39. The fourth-order valence-corrected chi connectivity index (χ4v) is 1.80. The van der Waals surface area contributed by atoms with Crippen molar-refractivity contribution >= 4 is 16.8 Å². The second-order valence-corrected chi connectivity index (χ2v) is 4.98. The predicted octanol–water partition coefficient (Wildman–Crippen LogP) is 1.45. The summed E-state index contributed by atoms with van der Waals surface area (Å²) >= 11 is 0. The first-order chi connectivity index (χ1) is 8.52. The van der Waals surface area contributed by atoms with E-state index in [9.17, 15) is 4.79 Å². The Balaban J connectivity index is 2.17. The summed E-state index contributed by atoms with van der Waals surface area (Å²) in [4.78, 5) is 12.1. The van der Waals surface area contributed by atoms with Gasteiger partial charge in [0.2, 0.25) is 0 Å². The molecule has 1 aromatic carbocycles. The average molecular weight is 247 g/mol. The van der Waals surface area contributed by atoms with Gasteiger partial charge in [-0.25, -0.2) is 0 Å². The van der Waals surface area contributed by atoms with Crippen molar-refractivity contribution in [2.24, 2.45) is 0 Å². The number of rotatable bonds is 4. The lowest BCUT2D eigenvalue weighted by Gasteiger charge is -2.25. The minimum absolute atomic E-state index is 0.0485. The fourth-order valence-electron chi connectivity index (χ4n) is 1.80. The third kappa shape index (κ3) is 2.68. The van der Waals surface area contributed by atoms with Crippen molar-refractivity contribution in [1.29, 1.82) is 0 Å². The van der Waals surface area contributed by atoms with Crippen molar-refractivity contribution in [1.82, 2.24) is 15.5 Å². The number of carbonyl (C=O) groups is 1. The smallest absolute Gasteiger partial charge is 0.251 e. The van der Waals surface area contributed by atoms with Crippen LogP contribution < -0.4 is 5.32 Å². The Bertz CT molecular complexity index is 560. The van der Waals surface area contributed by atoms with Crippen LogP contribution in [0, 0.1) is 0 Å². The topological polar surface area (TPSA) is 78.0 Å². The number of aliphatic hydroxyl groups is 1. The second kappa shape index (κ2) is 4.78. The molecule has 0 saturated carbocycles. The van der Waals surface area contributed by atoms with Gasteiger partial charge >= 0.3 is 0 Å². The first kappa shape index (κ1) is 12.6. The van der Waals surface area contributed by atoms with Crippen molar-refractivity contribution in [3.63, 3.8) is 0 Å². The molecular weight excluding hydrogens is 230 g/mol. The van der Waals surface area contributed by atoms with Crippen molar-refractivity contribution in [3.8, 4) is 0 Å². The number of aliphatic hydroxyl groups excluding tert-OH is 1. The number of hydrogen-bond acceptors (Lipinski definition) is 3. The highest BCUT2D eigenvalue weighted by Crippen LogP contribution is 2.14. The van der Waals surface area contributed by atoms with E-state index in [2.05, 4.69) is 15.5 Å². The number of H-pyrrole nitrogens is 1. The molecule has 0 fully saturated rings. The standard InChI is InChI=1S/C13H17N3O2/c1-13(2,5-6-17)15-12(18)9-3-4-10-8-14-16-11(10)7-9/h3-4,7-8,17H,5-6H2,1-2H3,(H,14,16)(H,15,18). The summed E-state index contributed by atoms with van der Waals surface area (Å²) in [6.07, 6.45) is 2.23. The van der Waals surface area contributed by atoms with E-state index in [0.29, 0.717) is 12.0 Å². The SMILES string of the molecule is CC(C)(CCO)NC(=O)c1ccc2cn[nH]c2c1. The summed E-state index contributed by atoms with van der Waals surface area (Å²) in [5.74, 6) is -0.148. The third-order valence-electron chi connectivity index (χ3n) is 2.89.